The van der Waals surface area contributed by atoms with Crippen LogP contribution in [-0.2, 0) is 19.1 Å². The Morgan fingerprint density at radius 2 is 1.97 bits per heavy atom. The van der Waals surface area contributed by atoms with Crippen molar-refractivity contribution in [1.82, 2.24) is 0 Å². The first-order valence-electron chi connectivity index (χ1n) is 11.0. The van der Waals surface area contributed by atoms with E-state index < -0.39 is 58.4 Å². The van der Waals surface area contributed by atoms with Crippen molar-refractivity contribution in [1.29, 1.82) is 0 Å². The van der Waals surface area contributed by atoms with E-state index in [2.05, 4.69) is 0 Å². The summed E-state index contributed by atoms with van der Waals surface area (Å²) in [5.74, 6) is -2.79. The Bertz CT molecular complexity index is 910. The van der Waals surface area contributed by atoms with Crippen molar-refractivity contribution in [3.63, 3.8) is 0 Å². The summed E-state index contributed by atoms with van der Waals surface area (Å²) in [4.78, 5) is 37.0. The number of hydrogen-bond donors (Lipinski definition) is 2. The van der Waals surface area contributed by atoms with E-state index in [0.29, 0.717) is 24.8 Å². The number of allylic oxidation sites excluding steroid dienone is 4. The van der Waals surface area contributed by atoms with Crippen molar-refractivity contribution in [3.05, 3.63) is 23.8 Å². The van der Waals surface area contributed by atoms with Crippen molar-refractivity contribution in [2.24, 2.45) is 28.6 Å². The number of alkyl halides is 1. The minimum atomic E-state index is -2.02. The van der Waals surface area contributed by atoms with Gasteiger partial charge in [0, 0.05) is 29.6 Å². The smallest absolute Gasteiger partial charge is 0.303 e. The summed E-state index contributed by atoms with van der Waals surface area (Å²) >= 11 is 0. The summed E-state index contributed by atoms with van der Waals surface area (Å²) in [6.45, 7) is 5.74. The number of rotatable bonds is 3. The third kappa shape index (κ3) is 2.53. The van der Waals surface area contributed by atoms with Crippen LogP contribution in [0.25, 0.3) is 0 Å². The Morgan fingerprint density at radius 3 is 2.58 bits per heavy atom. The van der Waals surface area contributed by atoms with Crippen molar-refractivity contribution in [3.8, 4) is 0 Å². The standard InChI is InChI=1S/C24H31FO6/c1-13-9-18-17-6-5-15-10-16(28)7-8-21(15,3)23(17,25)19(29)11-22(18,4)24(13,20(30)12-26)31-14(2)27/h7-8,10,13,17-19,26,29H,5-6,9,11-12H2,1-4H3/t13-,17?,18?,19+,21+,22+,23+,24+/m1/s1. The highest BCUT2D eigenvalue weighted by molar-refractivity contribution is 6.01. The van der Waals surface area contributed by atoms with Crippen LogP contribution in [0.5, 0.6) is 0 Å². The summed E-state index contributed by atoms with van der Waals surface area (Å²) in [6, 6.07) is 0. The van der Waals surface area contributed by atoms with Crippen LogP contribution >= 0.6 is 0 Å². The van der Waals surface area contributed by atoms with Gasteiger partial charge in [-0.05, 0) is 50.7 Å². The molecule has 0 radical (unpaired) electrons. The second-order valence-electron chi connectivity index (χ2n) is 10.3. The number of hydrogen-bond acceptors (Lipinski definition) is 6. The van der Waals surface area contributed by atoms with Gasteiger partial charge in [-0.1, -0.05) is 25.5 Å². The van der Waals surface area contributed by atoms with Crippen LogP contribution in [0.4, 0.5) is 4.39 Å². The third-order valence-electron chi connectivity index (χ3n) is 9.04. The van der Waals surface area contributed by atoms with E-state index >= 15 is 4.39 Å². The number of carbonyl (C=O) groups excluding carboxylic acids is 3. The van der Waals surface area contributed by atoms with Gasteiger partial charge in [0.2, 0.25) is 5.78 Å². The van der Waals surface area contributed by atoms with Gasteiger partial charge in [0.15, 0.2) is 17.1 Å². The summed E-state index contributed by atoms with van der Waals surface area (Å²) < 4.78 is 22.8. The topological polar surface area (TPSA) is 101 Å². The first kappa shape index (κ1) is 22.3. The van der Waals surface area contributed by atoms with E-state index in [-0.39, 0.29) is 18.1 Å². The maximum Gasteiger partial charge on any atom is 0.303 e. The fourth-order valence-corrected chi connectivity index (χ4v) is 7.74. The second-order valence-corrected chi connectivity index (χ2v) is 10.3. The van der Waals surface area contributed by atoms with Crippen LogP contribution in [0.3, 0.4) is 0 Å². The predicted octanol–water partition coefficient (Wildman–Crippen LogP) is 2.47. The maximum absolute atomic E-state index is 17.1. The fraction of sp³-hybridized carbons (Fsp3) is 0.708. The van der Waals surface area contributed by atoms with Gasteiger partial charge in [-0.25, -0.2) is 4.39 Å². The van der Waals surface area contributed by atoms with Crippen molar-refractivity contribution < 1.29 is 33.7 Å². The lowest BCUT2D eigenvalue weighted by molar-refractivity contribution is -0.227. The van der Waals surface area contributed by atoms with E-state index in [9.17, 15) is 24.6 Å². The predicted molar refractivity (Wildman–Crippen MR) is 109 cm³/mol. The molecule has 31 heavy (non-hydrogen) atoms. The maximum atomic E-state index is 17.1. The van der Waals surface area contributed by atoms with Crippen molar-refractivity contribution in [2.75, 3.05) is 6.61 Å². The van der Waals surface area contributed by atoms with E-state index in [0.717, 1.165) is 0 Å². The molecule has 0 amide bonds. The molecule has 3 saturated carbocycles. The molecule has 0 heterocycles. The average molecular weight is 435 g/mol. The molecule has 0 bridgehead atoms. The normalized spacial score (nSPS) is 48.4. The van der Waals surface area contributed by atoms with Crippen LogP contribution in [0.1, 0.15) is 53.4 Å². The van der Waals surface area contributed by atoms with Gasteiger partial charge in [-0.3, -0.25) is 14.4 Å². The number of Topliss-reactive ketones (excluding diaryl/α,β-unsaturated/α-hetero) is 1. The van der Waals surface area contributed by atoms with Gasteiger partial charge in [-0.15, -0.1) is 0 Å². The number of esters is 1. The minimum absolute atomic E-state index is 0.0846. The zero-order chi connectivity index (χ0) is 23.0. The van der Waals surface area contributed by atoms with Crippen LogP contribution in [0, 0.1) is 28.6 Å². The zero-order valence-corrected chi connectivity index (χ0v) is 18.5. The molecule has 0 aliphatic heterocycles. The lowest BCUT2D eigenvalue weighted by Gasteiger charge is -2.62. The second kappa shape index (κ2) is 6.82. The number of aliphatic hydroxyl groups excluding tert-OH is 2. The number of ketones is 2. The molecule has 0 spiro atoms. The van der Waals surface area contributed by atoms with E-state index in [1.54, 1.807) is 26.8 Å². The Morgan fingerprint density at radius 1 is 1.29 bits per heavy atom. The number of aliphatic hydroxyl groups is 2. The summed E-state index contributed by atoms with van der Waals surface area (Å²) in [7, 11) is 0. The fourth-order valence-electron chi connectivity index (χ4n) is 7.74. The Balaban J connectivity index is 1.86. The van der Waals surface area contributed by atoms with E-state index in [1.807, 2.05) is 0 Å². The van der Waals surface area contributed by atoms with Crippen molar-refractivity contribution in [2.45, 2.75) is 70.8 Å². The number of carbonyl (C=O) groups is 3. The van der Waals surface area contributed by atoms with E-state index in [4.69, 9.17) is 4.74 Å². The van der Waals surface area contributed by atoms with Crippen LogP contribution in [0.15, 0.2) is 23.8 Å². The first-order valence-corrected chi connectivity index (χ1v) is 11.0. The summed E-state index contributed by atoms with van der Waals surface area (Å²) in [5.41, 5.74) is -5.10. The van der Waals surface area contributed by atoms with Gasteiger partial charge in [0.25, 0.3) is 0 Å². The average Bonchev–Trinajstić information content (AvgIpc) is 2.90. The van der Waals surface area contributed by atoms with Gasteiger partial charge < -0.3 is 14.9 Å². The third-order valence-corrected chi connectivity index (χ3v) is 9.04. The number of fused-ring (bicyclic) bond motifs is 5. The van der Waals surface area contributed by atoms with E-state index in [1.165, 1.54) is 19.1 Å². The van der Waals surface area contributed by atoms with Gasteiger partial charge >= 0.3 is 5.97 Å². The molecule has 0 aromatic carbocycles. The van der Waals surface area contributed by atoms with Gasteiger partial charge in [-0.2, -0.15) is 0 Å². The number of halogens is 1. The highest BCUT2D eigenvalue weighted by Gasteiger charge is 2.77. The monoisotopic (exact) mass is 434 g/mol. The van der Waals surface area contributed by atoms with Gasteiger partial charge in [0.1, 0.15) is 6.61 Å². The van der Waals surface area contributed by atoms with Crippen LogP contribution in [-0.4, -0.2) is 51.7 Å². The van der Waals surface area contributed by atoms with Crippen LogP contribution < -0.4 is 0 Å². The largest absolute Gasteiger partial charge is 0.450 e. The molecule has 3 fully saturated rings. The minimum Gasteiger partial charge on any atom is -0.450 e. The molecule has 6 nitrogen and oxygen atoms in total. The molecule has 4 aliphatic carbocycles. The molecule has 8 atom stereocenters. The Kier molecular flexibility index (Phi) is 4.91. The molecule has 7 heteroatoms. The molecular weight excluding hydrogens is 403 g/mol. The van der Waals surface area contributed by atoms with Crippen LogP contribution in [0.2, 0.25) is 0 Å². The molecule has 2 unspecified atom stereocenters. The zero-order valence-electron chi connectivity index (χ0n) is 18.5. The first-order chi connectivity index (χ1) is 14.4. The lowest BCUT2D eigenvalue weighted by atomic mass is 9.44. The molecular formula is C24H31FO6. The quantitative estimate of drug-likeness (QED) is 0.662. The Hall–Kier alpha value is -1.86. The highest BCUT2D eigenvalue weighted by atomic mass is 19.1. The summed E-state index contributed by atoms with van der Waals surface area (Å²) in [6.07, 6.45) is 4.29. The summed E-state index contributed by atoms with van der Waals surface area (Å²) in [5, 5.41) is 21.1. The Labute approximate surface area is 181 Å². The molecule has 170 valence electrons. The lowest BCUT2D eigenvalue weighted by Crippen LogP contribution is -2.70. The molecule has 4 aliphatic rings. The molecule has 0 aromatic heterocycles. The molecule has 4 rings (SSSR count). The molecule has 0 saturated heterocycles. The molecule has 0 aromatic rings. The number of ether oxygens (including phenoxy) is 1. The highest BCUT2D eigenvalue weighted by Crippen LogP contribution is 2.71. The van der Waals surface area contributed by atoms with Gasteiger partial charge in [0.05, 0.1) is 6.10 Å². The van der Waals surface area contributed by atoms with Crippen molar-refractivity contribution >= 4 is 17.5 Å². The molecule has 2 N–H and O–H groups in total. The SMILES string of the molecule is CC(=O)O[C@]1(C(=O)CO)[C@H](C)CC2C3CCC4=CC(=O)C=C[C@]4(C)[C@@]3(F)[C@@H](O)C[C@@]21C.